The maximum atomic E-state index is 13.3. The van der Waals surface area contributed by atoms with E-state index in [-0.39, 0.29) is 23.1 Å². The Morgan fingerprint density at radius 3 is 2.52 bits per heavy atom. The molecule has 0 amide bonds. The second-order valence-electron chi connectivity index (χ2n) is 5.05. The number of benzene rings is 1. The molecule has 0 bridgehead atoms. The van der Waals surface area contributed by atoms with Gasteiger partial charge in [0.25, 0.3) is 0 Å². The van der Waals surface area contributed by atoms with E-state index in [1.165, 1.54) is 28.7 Å². The zero-order chi connectivity index (χ0) is 16.4. The third kappa shape index (κ3) is 3.44. The van der Waals surface area contributed by atoms with Gasteiger partial charge in [0.2, 0.25) is 10.0 Å². The Hall–Kier alpha value is -1.77. The Morgan fingerprint density at radius 2 is 1.87 bits per heavy atom. The highest BCUT2D eigenvalue weighted by atomic mass is 35.5. The molecule has 2 aromatic rings. The summed E-state index contributed by atoms with van der Waals surface area (Å²) in [5.74, 6) is 0.0409. The first kappa shape index (κ1) is 16.1. The van der Waals surface area contributed by atoms with Gasteiger partial charge in [-0.1, -0.05) is 17.7 Å². The molecule has 0 N–H and O–H groups in total. The Balaban J connectivity index is 1.73. The molecule has 1 fully saturated rings. The number of hydrogen-bond donors (Lipinski definition) is 0. The van der Waals surface area contributed by atoms with Gasteiger partial charge < -0.3 is 4.90 Å². The van der Waals surface area contributed by atoms with Crippen molar-refractivity contribution in [3.63, 3.8) is 0 Å². The van der Waals surface area contributed by atoms with Crippen molar-refractivity contribution < 1.29 is 12.8 Å². The highest BCUT2D eigenvalue weighted by Crippen LogP contribution is 2.20. The van der Waals surface area contributed by atoms with E-state index in [2.05, 4.69) is 9.97 Å². The van der Waals surface area contributed by atoms with Gasteiger partial charge in [-0.2, -0.15) is 4.31 Å². The highest BCUT2D eigenvalue weighted by molar-refractivity contribution is 7.89. The molecule has 1 aromatic carbocycles. The second kappa shape index (κ2) is 6.38. The number of nitrogens with zero attached hydrogens (tertiary/aromatic N) is 4. The molecule has 6 nitrogen and oxygen atoms in total. The fraction of sp³-hybridized carbons (Fsp3) is 0.286. The summed E-state index contributed by atoms with van der Waals surface area (Å²) in [6.07, 6.45) is 3.03. The lowest BCUT2D eigenvalue weighted by Crippen LogP contribution is -2.49. The molecule has 0 saturated carbocycles. The molecule has 0 unspecified atom stereocenters. The van der Waals surface area contributed by atoms with Gasteiger partial charge in [0.05, 0.1) is 17.3 Å². The van der Waals surface area contributed by atoms with E-state index in [0.717, 1.165) is 6.07 Å². The number of rotatable bonds is 3. The summed E-state index contributed by atoms with van der Waals surface area (Å²) in [5.41, 5.74) is 0. The van der Waals surface area contributed by atoms with Gasteiger partial charge in [0.1, 0.15) is 16.8 Å². The summed E-state index contributed by atoms with van der Waals surface area (Å²) >= 11 is 5.82. The predicted octanol–water partition coefficient (Wildman–Crippen LogP) is 1.78. The van der Waals surface area contributed by atoms with E-state index in [9.17, 15) is 12.8 Å². The van der Waals surface area contributed by atoms with Crippen molar-refractivity contribution in [2.24, 2.45) is 0 Å². The molecule has 0 aliphatic carbocycles. The number of piperazine rings is 1. The molecule has 1 saturated heterocycles. The molecule has 1 aliphatic rings. The second-order valence-corrected chi connectivity index (χ2v) is 7.37. The van der Waals surface area contributed by atoms with Crippen LogP contribution in [0.15, 0.2) is 41.6 Å². The molecule has 0 spiro atoms. The van der Waals surface area contributed by atoms with E-state index in [1.54, 1.807) is 6.20 Å². The summed E-state index contributed by atoms with van der Waals surface area (Å²) in [6, 6.07) is 5.03. The Morgan fingerprint density at radius 1 is 1.13 bits per heavy atom. The van der Waals surface area contributed by atoms with Crippen molar-refractivity contribution in [1.82, 2.24) is 14.3 Å². The molecule has 2 heterocycles. The summed E-state index contributed by atoms with van der Waals surface area (Å²) < 4.78 is 39.7. The quantitative estimate of drug-likeness (QED) is 0.838. The molecule has 0 atom stereocenters. The van der Waals surface area contributed by atoms with Gasteiger partial charge >= 0.3 is 0 Å². The number of halogens is 2. The van der Waals surface area contributed by atoms with Crippen molar-refractivity contribution in [2.75, 3.05) is 31.1 Å². The van der Waals surface area contributed by atoms with Crippen LogP contribution in [0.25, 0.3) is 0 Å². The number of sulfonamides is 1. The summed E-state index contributed by atoms with van der Waals surface area (Å²) in [6.45, 7) is 1.49. The van der Waals surface area contributed by atoms with Gasteiger partial charge in [-0.15, -0.1) is 0 Å². The summed E-state index contributed by atoms with van der Waals surface area (Å²) in [5, 5.41) is 0.289. The zero-order valence-electron chi connectivity index (χ0n) is 12.1. The van der Waals surface area contributed by atoms with Crippen molar-refractivity contribution in [1.29, 1.82) is 0 Å². The Bertz CT molecular complexity index is 810. The third-order valence-electron chi connectivity index (χ3n) is 3.59. The summed E-state index contributed by atoms with van der Waals surface area (Å²) in [7, 11) is -3.69. The number of aromatic nitrogens is 2. The first-order valence-corrected chi connectivity index (χ1v) is 8.77. The van der Waals surface area contributed by atoms with Crippen molar-refractivity contribution in [2.45, 2.75) is 4.90 Å². The van der Waals surface area contributed by atoms with Crippen LogP contribution < -0.4 is 4.90 Å². The lowest BCUT2D eigenvalue weighted by molar-refractivity contribution is 0.383. The maximum absolute atomic E-state index is 13.3. The predicted molar refractivity (Wildman–Crippen MR) is 84.4 cm³/mol. The van der Waals surface area contributed by atoms with Crippen molar-refractivity contribution >= 4 is 27.4 Å². The van der Waals surface area contributed by atoms with Crippen LogP contribution in [0.2, 0.25) is 5.15 Å². The first-order valence-electron chi connectivity index (χ1n) is 6.95. The molecular weight excluding hydrogens is 343 g/mol. The first-order chi connectivity index (χ1) is 11.0. The topological polar surface area (TPSA) is 66.4 Å². The average Bonchev–Trinajstić information content (AvgIpc) is 2.55. The normalized spacial score (nSPS) is 16.5. The molecule has 23 heavy (non-hydrogen) atoms. The van der Waals surface area contributed by atoms with Crippen LogP contribution in [0.3, 0.4) is 0 Å². The van der Waals surface area contributed by atoms with Gasteiger partial charge in [0, 0.05) is 26.2 Å². The molecular formula is C14H14ClFN4O2S. The highest BCUT2D eigenvalue weighted by Gasteiger charge is 2.29. The Labute approximate surface area is 138 Å². The van der Waals surface area contributed by atoms with Crippen LogP contribution in [0.4, 0.5) is 10.2 Å². The molecule has 3 rings (SSSR count). The van der Waals surface area contributed by atoms with Gasteiger partial charge in [-0.3, -0.25) is 4.98 Å². The molecule has 0 radical (unpaired) electrons. The molecule has 1 aromatic heterocycles. The smallest absolute Gasteiger partial charge is 0.243 e. The minimum absolute atomic E-state index is 0.0338. The number of hydrogen-bond acceptors (Lipinski definition) is 5. The van der Waals surface area contributed by atoms with Crippen LogP contribution in [0, 0.1) is 5.82 Å². The SMILES string of the molecule is O=S(=O)(c1cccc(F)c1)N1CCN(c2cncc(Cl)n2)CC1. The lowest BCUT2D eigenvalue weighted by Gasteiger charge is -2.34. The largest absolute Gasteiger partial charge is 0.353 e. The van der Waals surface area contributed by atoms with E-state index >= 15 is 0 Å². The van der Waals surface area contributed by atoms with Crippen LogP contribution in [0.5, 0.6) is 0 Å². The Kier molecular flexibility index (Phi) is 4.47. The zero-order valence-corrected chi connectivity index (χ0v) is 13.6. The van der Waals surface area contributed by atoms with Crippen LogP contribution in [-0.2, 0) is 10.0 Å². The fourth-order valence-corrected chi connectivity index (χ4v) is 4.02. The monoisotopic (exact) mass is 356 g/mol. The minimum Gasteiger partial charge on any atom is -0.353 e. The number of anilines is 1. The van der Waals surface area contributed by atoms with Gasteiger partial charge in [-0.25, -0.2) is 17.8 Å². The maximum Gasteiger partial charge on any atom is 0.243 e. The van der Waals surface area contributed by atoms with E-state index < -0.39 is 15.8 Å². The van der Waals surface area contributed by atoms with E-state index in [4.69, 9.17) is 11.6 Å². The van der Waals surface area contributed by atoms with Gasteiger partial charge in [-0.05, 0) is 18.2 Å². The van der Waals surface area contributed by atoms with Crippen LogP contribution in [0.1, 0.15) is 0 Å². The van der Waals surface area contributed by atoms with Gasteiger partial charge in [0.15, 0.2) is 0 Å². The molecule has 122 valence electrons. The molecule has 9 heteroatoms. The minimum atomic E-state index is -3.69. The van der Waals surface area contributed by atoms with E-state index in [0.29, 0.717) is 18.9 Å². The molecule has 1 aliphatic heterocycles. The van der Waals surface area contributed by atoms with Crippen LogP contribution in [-0.4, -0.2) is 48.9 Å². The fourth-order valence-electron chi connectivity index (χ4n) is 2.42. The standard InChI is InChI=1S/C14H14ClFN4O2S/c15-13-9-17-10-14(18-13)19-4-6-20(7-5-19)23(21,22)12-3-1-2-11(16)8-12/h1-3,8-10H,4-7H2. The third-order valence-corrected chi connectivity index (χ3v) is 5.67. The van der Waals surface area contributed by atoms with E-state index in [1.807, 2.05) is 4.90 Å². The lowest BCUT2D eigenvalue weighted by atomic mass is 10.3. The average molecular weight is 357 g/mol. The van der Waals surface area contributed by atoms with Crippen molar-refractivity contribution in [3.05, 3.63) is 47.6 Å². The van der Waals surface area contributed by atoms with Crippen molar-refractivity contribution in [3.8, 4) is 0 Å². The van der Waals surface area contributed by atoms with Crippen LogP contribution >= 0.6 is 11.6 Å². The summed E-state index contributed by atoms with van der Waals surface area (Å²) in [4.78, 5) is 10.0.